The van der Waals surface area contributed by atoms with Gasteiger partial charge in [0, 0.05) is 26.6 Å². The number of likely N-dealkylation sites (tertiary alicyclic amines) is 1. The summed E-state index contributed by atoms with van der Waals surface area (Å²) in [7, 11) is 1.63. The van der Waals surface area contributed by atoms with Crippen LogP contribution in [0.15, 0.2) is 35.4 Å². The molecule has 0 aliphatic carbocycles. The molecule has 1 aromatic rings. The number of hydrazone groups is 1. The molecular weight excluding hydrogens is 406 g/mol. The maximum absolute atomic E-state index is 13.3. The summed E-state index contributed by atoms with van der Waals surface area (Å²) >= 11 is 0. The summed E-state index contributed by atoms with van der Waals surface area (Å²) in [6.07, 6.45) is 1.67. The normalized spacial score (nSPS) is 19.5. The lowest BCUT2D eigenvalue weighted by Crippen LogP contribution is -2.58. The van der Waals surface area contributed by atoms with E-state index >= 15 is 0 Å². The fourth-order valence-corrected chi connectivity index (χ4v) is 3.63. The Bertz CT molecular complexity index is 822. The summed E-state index contributed by atoms with van der Waals surface area (Å²) in [5.74, 6) is -1.03. The number of benzene rings is 1. The fraction of sp³-hybridized carbons (Fsp3) is 0.524. The zero-order valence-corrected chi connectivity index (χ0v) is 18.4. The number of halogens is 1. The van der Waals surface area contributed by atoms with E-state index in [0.717, 1.165) is 11.3 Å². The van der Waals surface area contributed by atoms with Crippen molar-refractivity contribution in [2.24, 2.45) is 16.8 Å². The predicted octanol–water partition coefficient (Wildman–Crippen LogP) is 0.940. The third-order valence-electron chi connectivity index (χ3n) is 5.40. The van der Waals surface area contributed by atoms with Crippen molar-refractivity contribution in [1.82, 2.24) is 15.2 Å². The number of carbonyl (C=O) groups is 3. The number of aryl methyl sites for hydroxylation is 1. The highest BCUT2D eigenvalue weighted by atomic mass is 35.5. The van der Waals surface area contributed by atoms with E-state index in [4.69, 9.17) is 5.73 Å². The first-order valence-corrected chi connectivity index (χ1v) is 9.94. The van der Waals surface area contributed by atoms with Crippen LogP contribution in [0.4, 0.5) is 0 Å². The lowest BCUT2D eigenvalue weighted by molar-refractivity contribution is -0.139. The van der Waals surface area contributed by atoms with Crippen LogP contribution in [0.3, 0.4) is 0 Å². The molecule has 3 rings (SSSR count). The molecule has 164 valence electrons. The van der Waals surface area contributed by atoms with Gasteiger partial charge in [0.25, 0.3) is 5.91 Å². The number of nitrogens with zero attached hydrogens (tertiary/aromatic N) is 3. The highest BCUT2D eigenvalue weighted by Crippen LogP contribution is 2.23. The SMILES string of the molecule is CN1N=C2CCN(C(=O)C(CCc3ccccc3)NC(=O)C(C)(C)N)CC2C1=O.Cl. The first-order chi connectivity index (χ1) is 13.7. The number of piperidine rings is 1. The first kappa shape index (κ1) is 23.8. The third kappa shape index (κ3) is 5.37. The Morgan fingerprint density at radius 1 is 1.30 bits per heavy atom. The molecule has 0 aromatic heterocycles. The Balaban J connectivity index is 0.00000320. The molecular formula is C21H30ClN5O3. The summed E-state index contributed by atoms with van der Waals surface area (Å²) in [4.78, 5) is 39.7. The van der Waals surface area contributed by atoms with Gasteiger partial charge in [-0.15, -0.1) is 12.4 Å². The van der Waals surface area contributed by atoms with Gasteiger partial charge in [-0.05, 0) is 32.3 Å². The van der Waals surface area contributed by atoms with Crippen LogP contribution in [0.1, 0.15) is 32.3 Å². The van der Waals surface area contributed by atoms with Gasteiger partial charge in [0.05, 0.1) is 17.2 Å². The summed E-state index contributed by atoms with van der Waals surface area (Å²) in [6.45, 7) is 4.00. The number of nitrogens with one attached hydrogen (secondary N) is 1. The van der Waals surface area contributed by atoms with Gasteiger partial charge in [0.2, 0.25) is 11.8 Å². The molecule has 3 N–H and O–H groups in total. The second-order valence-corrected chi connectivity index (χ2v) is 8.31. The summed E-state index contributed by atoms with van der Waals surface area (Å²) in [5.41, 5.74) is 6.75. The second-order valence-electron chi connectivity index (χ2n) is 8.31. The number of hydrogen-bond acceptors (Lipinski definition) is 5. The van der Waals surface area contributed by atoms with Gasteiger partial charge in [-0.2, -0.15) is 5.10 Å². The molecule has 1 aromatic carbocycles. The highest BCUT2D eigenvalue weighted by molar-refractivity contribution is 6.09. The zero-order valence-electron chi connectivity index (χ0n) is 17.6. The molecule has 2 atom stereocenters. The number of nitrogens with two attached hydrogens (primary N) is 1. The molecule has 8 nitrogen and oxygen atoms in total. The molecule has 0 radical (unpaired) electrons. The van der Waals surface area contributed by atoms with Gasteiger partial charge < -0.3 is 16.0 Å². The molecule has 2 aliphatic rings. The first-order valence-electron chi connectivity index (χ1n) is 9.94. The topological polar surface area (TPSA) is 108 Å². The van der Waals surface area contributed by atoms with E-state index in [0.29, 0.717) is 32.4 Å². The van der Waals surface area contributed by atoms with Crippen LogP contribution in [0.2, 0.25) is 0 Å². The van der Waals surface area contributed by atoms with E-state index in [1.807, 2.05) is 30.3 Å². The number of carbonyl (C=O) groups excluding carboxylic acids is 3. The number of hydrogen-bond donors (Lipinski definition) is 2. The van der Waals surface area contributed by atoms with E-state index in [9.17, 15) is 14.4 Å². The van der Waals surface area contributed by atoms with Gasteiger partial charge in [-0.3, -0.25) is 14.4 Å². The Labute approximate surface area is 183 Å². The quantitative estimate of drug-likeness (QED) is 0.693. The minimum Gasteiger partial charge on any atom is -0.343 e. The Hall–Kier alpha value is -2.45. The maximum Gasteiger partial charge on any atom is 0.253 e. The van der Waals surface area contributed by atoms with Crippen LogP contribution in [-0.2, 0) is 20.8 Å². The number of fused-ring (bicyclic) bond motifs is 1. The summed E-state index contributed by atoms with van der Waals surface area (Å²) < 4.78 is 0. The molecule has 2 heterocycles. The van der Waals surface area contributed by atoms with E-state index < -0.39 is 11.6 Å². The Morgan fingerprint density at radius 3 is 2.60 bits per heavy atom. The largest absolute Gasteiger partial charge is 0.343 e. The molecule has 0 bridgehead atoms. The van der Waals surface area contributed by atoms with Gasteiger partial charge in [-0.1, -0.05) is 30.3 Å². The van der Waals surface area contributed by atoms with Crippen LogP contribution >= 0.6 is 12.4 Å². The minimum atomic E-state index is -1.09. The maximum atomic E-state index is 13.3. The number of amides is 3. The molecule has 0 spiro atoms. The van der Waals surface area contributed by atoms with E-state index in [-0.39, 0.29) is 36.0 Å². The lowest BCUT2D eigenvalue weighted by Gasteiger charge is -2.34. The van der Waals surface area contributed by atoms with Crippen molar-refractivity contribution in [3.63, 3.8) is 0 Å². The third-order valence-corrected chi connectivity index (χ3v) is 5.40. The summed E-state index contributed by atoms with van der Waals surface area (Å²) in [6, 6.07) is 9.12. The van der Waals surface area contributed by atoms with E-state index in [2.05, 4.69) is 10.4 Å². The van der Waals surface area contributed by atoms with E-state index in [1.165, 1.54) is 5.01 Å². The lowest BCUT2D eigenvalue weighted by atomic mass is 9.94. The molecule has 2 unspecified atom stereocenters. The second kappa shape index (κ2) is 9.57. The van der Waals surface area contributed by atoms with Crippen molar-refractivity contribution in [2.75, 3.05) is 20.1 Å². The Morgan fingerprint density at radius 2 is 1.97 bits per heavy atom. The zero-order chi connectivity index (χ0) is 21.2. The fourth-order valence-electron chi connectivity index (χ4n) is 3.63. The Kier molecular flexibility index (Phi) is 7.60. The van der Waals surface area contributed by atoms with Crippen LogP contribution < -0.4 is 11.1 Å². The van der Waals surface area contributed by atoms with Crippen LogP contribution in [-0.4, -0.2) is 65.1 Å². The molecule has 1 fully saturated rings. The average molecular weight is 436 g/mol. The molecule has 2 aliphatic heterocycles. The monoisotopic (exact) mass is 435 g/mol. The molecule has 0 saturated carbocycles. The van der Waals surface area contributed by atoms with Crippen molar-refractivity contribution < 1.29 is 14.4 Å². The smallest absolute Gasteiger partial charge is 0.253 e. The average Bonchev–Trinajstić information content (AvgIpc) is 2.98. The van der Waals surface area contributed by atoms with Crippen LogP contribution in [0, 0.1) is 5.92 Å². The summed E-state index contributed by atoms with van der Waals surface area (Å²) in [5, 5.41) is 8.43. The van der Waals surface area contributed by atoms with Gasteiger partial charge in [0.1, 0.15) is 6.04 Å². The van der Waals surface area contributed by atoms with Gasteiger partial charge >= 0.3 is 0 Å². The highest BCUT2D eigenvalue weighted by Gasteiger charge is 2.41. The molecule has 30 heavy (non-hydrogen) atoms. The van der Waals surface area contributed by atoms with Crippen molar-refractivity contribution in [2.45, 2.75) is 44.7 Å². The van der Waals surface area contributed by atoms with Crippen molar-refractivity contribution in [3.05, 3.63) is 35.9 Å². The van der Waals surface area contributed by atoms with E-state index in [1.54, 1.807) is 25.8 Å². The standard InChI is InChI=1S/C21H29N5O3.ClH/c1-21(2,22)20(29)23-17(10-9-14-7-5-4-6-8-14)19(28)26-12-11-16-15(13-26)18(27)25(3)24-16;/h4-8,15,17H,9-13,22H2,1-3H3,(H,23,29);1H. The minimum absolute atomic E-state index is 0. The van der Waals surface area contributed by atoms with Crippen LogP contribution in [0.5, 0.6) is 0 Å². The van der Waals surface area contributed by atoms with Crippen LogP contribution in [0.25, 0.3) is 0 Å². The molecule has 9 heteroatoms. The van der Waals surface area contributed by atoms with Crippen molar-refractivity contribution in [1.29, 1.82) is 0 Å². The van der Waals surface area contributed by atoms with Crippen molar-refractivity contribution in [3.8, 4) is 0 Å². The van der Waals surface area contributed by atoms with Gasteiger partial charge in [0.15, 0.2) is 0 Å². The molecule has 1 saturated heterocycles. The number of rotatable bonds is 6. The van der Waals surface area contributed by atoms with Crippen molar-refractivity contribution >= 4 is 35.8 Å². The van der Waals surface area contributed by atoms with Gasteiger partial charge in [-0.25, -0.2) is 5.01 Å². The predicted molar refractivity (Wildman–Crippen MR) is 117 cm³/mol. The molecule has 3 amide bonds.